The van der Waals surface area contributed by atoms with Gasteiger partial charge in [-0.1, -0.05) is 19.9 Å². The van der Waals surface area contributed by atoms with E-state index in [1.165, 1.54) is 0 Å². The number of aryl methyl sites for hydroxylation is 1. The van der Waals surface area contributed by atoms with Crippen LogP contribution in [-0.4, -0.2) is 16.1 Å². The number of carbonyl (C=O) groups is 1. The molecule has 1 aromatic heterocycles. The lowest BCUT2D eigenvalue weighted by atomic mass is 9.89. The minimum atomic E-state index is -0.765. The number of aliphatic carboxylic acids is 1. The summed E-state index contributed by atoms with van der Waals surface area (Å²) in [6, 6.07) is 1.98. The van der Waals surface area contributed by atoms with Gasteiger partial charge < -0.3 is 5.11 Å². The van der Waals surface area contributed by atoms with E-state index < -0.39 is 5.97 Å². The summed E-state index contributed by atoms with van der Waals surface area (Å²) in [6.45, 7) is 5.58. The van der Waals surface area contributed by atoms with E-state index in [0.29, 0.717) is 0 Å². The highest BCUT2D eigenvalue weighted by Crippen LogP contribution is 2.23. The van der Waals surface area contributed by atoms with Gasteiger partial charge in [0.05, 0.1) is 5.92 Å². The van der Waals surface area contributed by atoms with E-state index in [0.717, 1.165) is 11.1 Å². The van der Waals surface area contributed by atoms with Crippen LogP contribution >= 0.6 is 0 Å². The topological polar surface area (TPSA) is 50.2 Å². The van der Waals surface area contributed by atoms with E-state index in [2.05, 4.69) is 4.98 Å². The second-order valence-corrected chi connectivity index (χ2v) is 3.71. The summed E-state index contributed by atoms with van der Waals surface area (Å²) >= 11 is 0. The molecule has 1 aromatic rings. The molecule has 2 atom stereocenters. The van der Waals surface area contributed by atoms with Gasteiger partial charge in [0.25, 0.3) is 0 Å². The Kier molecular flexibility index (Phi) is 3.23. The summed E-state index contributed by atoms with van der Waals surface area (Å²) in [4.78, 5) is 14.8. The first kappa shape index (κ1) is 10.7. The van der Waals surface area contributed by atoms with Gasteiger partial charge in [0, 0.05) is 12.4 Å². The first-order valence-electron chi connectivity index (χ1n) is 4.66. The maximum absolute atomic E-state index is 10.8. The smallest absolute Gasteiger partial charge is 0.306 e. The van der Waals surface area contributed by atoms with E-state index in [1.54, 1.807) is 19.3 Å². The summed E-state index contributed by atoms with van der Waals surface area (Å²) in [6.07, 6.45) is 3.50. The van der Waals surface area contributed by atoms with Crippen LogP contribution in [0.25, 0.3) is 0 Å². The molecule has 0 spiro atoms. The molecular formula is C11H15NO2. The van der Waals surface area contributed by atoms with Crippen molar-refractivity contribution in [2.24, 2.45) is 5.92 Å². The molecule has 2 unspecified atom stereocenters. The summed E-state index contributed by atoms with van der Waals surface area (Å²) < 4.78 is 0. The third kappa shape index (κ3) is 2.31. The number of nitrogens with zero attached hydrogens (tertiary/aromatic N) is 1. The summed E-state index contributed by atoms with van der Waals surface area (Å²) in [5.74, 6) is -1.14. The highest BCUT2D eigenvalue weighted by Gasteiger charge is 2.20. The summed E-state index contributed by atoms with van der Waals surface area (Å²) in [7, 11) is 0. The first-order chi connectivity index (χ1) is 6.52. The predicted molar refractivity (Wildman–Crippen MR) is 54.2 cm³/mol. The molecular weight excluding hydrogens is 178 g/mol. The Morgan fingerprint density at radius 3 is 2.57 bits per heavy atom. The number of carboxylic acids is 1. The van der Waals surface area contributed by atoms with Crippen LogP contribution < -0.4 is 0 Å². The number of hydrogen-bond acceptors (Lipinski definition) is 2. The number of carboxylic acid groups (broad SMARTS) is 1. The van der Waals surface area contributed by atoms with Crippen molar-refractivity contribution in [2.45, 2.75) is 26.7 Å². The van der Waals surface area contributed by atoms with E-state index >= 15 is 0 Å². The van der Waals surface area contributed by atoms with Crippen molar-refractivity contribution < 1.29 is 9.90 Å². The fraction of sp³-hybridized carbons (Fsp3) is 0.455. The number of aromatic nitrogens is 1. The highest BCUT2D eigenvalue weighted by molar-refractivity contribution is 5.70. The Balaban J connectivity index is 2.89. The molecule has 14 heavy (non-hydrogen) atoms. The molecule has 76 valence electrons. The number of rotatable bonds is 3. The van der Waals surface area contributed by atoms with Gasteiger partial charge in [-0.2, -0.15) is 0 Å². The van der Waals surface area contributed by atoms with Gasteiger partial charge in [0.2, 0.25) is 0 Å². The molecule has 0 aliphatic carbocycles. The van der Waals surface area contributed by atoms with Crippen LogP contribution in [-0.2, 0) is 4.79 Å². The minimum Gasteiger partial charge on any atom is -0.481 e. The van der Waals surface area contributed by atoms with E-state index in [4.69, 9.17) is 5.11 Å². The molecule has 0 bridgehead atoms. The molecule has 0 saturated carbocycles. The molecule has 3 heteroatoms. The van der Waals surface area contributed by atoms with Crippen molar-refractivity contribution in [1.29, 1.82) is 0 Å². The minimum absolute atomic E-state index is 0.0000926. The van der Waals surface area contributed by atoms with Crippen LogP contribution in [0.5, 0.6) is 0 Å². The number of pyridine rings is 1. The van der Waals surface area contributed by atoms with Crippen molar-refractivity contribution in [2.75, 3.05) is 0 Å². The van der Waals surface area contributed by atoms with Gasteiger partial charge in [0.15, 0.2) is 0 Å². The lowest BCUT2D eigenvalue weighted by molar-refractivity contribution is -0.141. The highest BCUT2D eigenvalue weighted by atomic mass is 16.4. The second-order valence-electron chi connectivity index (χ2n) is 3.71. The van der Waals surface area contributed by atoms with E-state index in [1.807, 2.05) is 19.9 Å². The van der Waals surface area contributed by atoms with Crippen LogP contribution in [0.3, 0.4) is 0 Å². The monoisotopic (exact) mass is 193 g/mol. The van der Waals surface area contributed by atoms with Gasteiger partial charge in [-0.3, -0.25) is 9.78 Å². The Hall–Kier alpha value is -1.38. The summed E-state index contributed by atoms with van der Waals surface area (Å²) in [5.41, 5.74) is 2.05. The molecule has 0 amide bonds. The zero-order valence-electron chi connectivity index (χ0n) is 8.69. The maximum atomic E-state index is 10.8. The van der Waals surface area contributed by atoms with Gasteiger partial charge >= 0.3 is 5.97 Å². The van der Waals surface area contributed by atoms with Crippen LogP contribution in [0.15, 0.2) is 18.5 Å². The average Bonchev–Trinajstić information content (AvgIpc) is 2.15. The first-order valence-corrected chi connectivity index (χ1v) is 4.66. The summed E-state index contributed by atoms with van der Waals surface area (Å²) in [5, 5.41) is 8.86. The zero-order chi connectivity index (χ0) is 10.7. The molecule has 0 aliphatic rings. The van der Waals surface area contributed by atoms with E-state index in [-0.39, 0.29) is 11.8 Å². The molecule has 0 radical (unpaired) electrons. The quantitative estimate of drug-likeness (QED) is 0.800. The number of hydrogen-bond donors (Lipinski definition) is 1. The molecule has 3 nitrogen and oxygen atoms in total. The van der Waals surface area contributed by atoms with Gasteiger partial charge in [-0.25, -0.2) is 0 Å². The standard InChI is InChI=1S/C11H15NO2/c1-7-4-10(6-12-5-7)8(2)9(3)11(13)14/h4-6,8-9H,1-3H3,(H,13,14). The Morgan fingerprint density at radius 2 is 2.07 bits per heavy atom. The molecule has 1 heterocycles. The van der Waals surface area contributed by atoms with Gasteiger partial charge in [-0.15, -0.1) is 0 Å². The second kappa shape index (κ2) is 4.22. The van der Waals surface area contributed by atoms with Crippen molar-refractivity contribution in [3.8, 4) is 0 Å². The largest absolute Gasteiger partial charge is 0.481 e. The lowest BCUT2D eigenvalue weighted by Crippen LogP contribution is -2.16. The van der Waals surface area contributed by atoms with Crippen LogP contribution in [0, 0.1) is 12.8 Å². The molecule has 0 aliphatic heterocycles. The van der Waals surface area contributed by atoms with Gasteiger partial charge in [0.1, 0.15) is 0 Å². The zero-order valence-corrected chi connectivity index (χ0v) is 8.69. The lowest BCUT2D eigenvalue weighted by Gasteiger charge is -2.16. The normalized spacial score (nSPS) is 14.8. The third-order valence-corrected chi connectivity index (χ3v) is 2.56. The van der Waals surface area contributed by atoms with Crippen molar-refractivity contribution in [3.63, 3.8) is 0 Å². The average molecular weight is 193 g/mol. The van der Waals surface area contributed by atoms with Crippen molar-refractivity contribution in [1.82, 2.24) is 4.98 Å². The Labute approximate surface area is 83.8 Å². The molecule has 0 fully saturated rings. The maximum Gasteiger partial charge on any atom is 0.306 e. The van der Waals surface area contributed by atoms with Gasteiger partial charge in [-0.05, 0) is 24.0 Å². The molecule has 0 aromatic carbocycles. The molecule has 1 rings (SSSR count). The Bertz CT molecular complexity index is 336. The van der Waals surface area contributed by atoms with Crippen molar-refractivity contribution in [3.05, 3.63) is 29.6 Å². The Morgan fingerprint density at radius 1 is 1.43 bits per heavy atom. The third-order valence-electron chi connectivity index (χ3n) is 2.56. The van der Waals surface area contributed by atoms with Crippen LogP contribution in [0.1, 0.15) is 30.9 Å². The van der Waals surface area contributed by atoms with Crippen LogP contribution in [0.4, 0.5) is 0 Å². The molecule has 1 N–H and O–H groups in total. The van der Waals surface area contributed by atoms with Crippen molar-refractivity contribution >= 4 is 5.97 Å². The van der Waals surface area contributed by atoms with Crippen LogP contribution in [0.2, 0.25) is 0 Å². The fourth-order valence-corrected chi connectivity index (χ4v) is 1.33. The predicted octanol–water partition coefficient (Wildman–Crippen LogP) is 2.21. The molecule has 0 saturated heterocycles. The SMILES string of the molecule is Cc1cncc(C(C)C(C)C(=O)O)c1. The fourth-order valence-electron chi connectivity index (χ4n) is 1.33. The van der Waals surface area contributed by atoms with E-state index in [9.17, 15) is 4.79 Å².